The Kier molecular flexibility index (Phi) is 4.76. The van der Waals surface area contributed by atoms with Gasteiger partial charge in [-0.15, -0.1) is 0 Å². The molecule has 0 atom stereocenters. The number of thiazole rings is 1. The van der Waals surface area contributed by atoms with Gasteiger partial charge in [-0.3, -0.25) is 14.7 Å². The molecule has 5 nitrogen and oxygen atoms in total. The number of fused-ring (bicyclic) bond motifs is 1. The molecule has 0 aliphatic rings. The van der Waals surface area contributed by atoms with Crippen molar-refractivity contribution in [1.82, 2.24) is 9.97 Å². The smallest absolute Gasteiger partial charge is 0.296 e. The van der Waals surface area contributed by atoms with Gasteiger partial charge in [-0.05, 0) is 51.8 Å². The molecule has 0 saturated heterocycles. The van der Waals surface area contributed by atoms with Gasteiger partial charge in [0, 0.05) is 12.4 Å². The minimum atomic E-state index is -0.283. The Labute approximate surface area is 166 Å². The van der Waals surface area contributed by atoms with Gasteiger partial charge >= 0.3 is 0 Å². The third-order valence-corrected chi connectivity index (χ3v) is 5.46. The lowest BCUT2D eigenvalue weighted by atomic mass is 10.2. The van der Waals surface area contributed by atoms with Crippen molar-refractivity contribution in [2.45, 2.75) is 6.54 Å². The molecule has 0 spiro atoms. The number of para-hydroxylation sites is 1. The lowest BCUT2D eigenvalue weighted by Crippen LogP contribution is -2.30. The van der Waals surface area contributed by atoms with Crippen LogP contribution in [0.3, 0.4) is 0 Å². The number of rotatable bonds is 4. The molecule has 8 heteroatoms. The number of furan rings is 1. The number of carbonyl (C=O) groups excluding carboxylic acids is 1. The summed E-state index contributed by atoms with van der Waals surface area (Å²) < 4.78 is 6.85. The molecule has 0 bridgehead atoms. The molecule has 4 rings (SSSR count). The Morgan fingerprint density at radius 1 is 1.23 bits per heavy atom. The summed E-state index contributed by atoms with van der Waals surface area (Å²) in [6.45, 7) is 0.322. The molecule has 130 valence electrons. The van der Waals surface area contributed by atoms with Gasteiger partial charge < -0.3 is 4.42 Å². The van der Waals surface area contributed by atoms with Crippen molar-refractivity contribution in [3.63, 3.8) is 0 Å². The van der Waals surface area contributed by atoms with Crippen LogP contribution in [0.25, 0.3) is 10.2 Å². The van der Waals surface area contributed by atoms with Gasteiger partial charge in [-0.25, -0.2) is 4.98 Å². The number of amides is 1. The van der Waals surface area contributed by atoms with Gasteiger partial charge in [-0.2, -0.15) is 0 Å². The van der Waals surface area contributed by atoms with E-state index in [0.717, 1.165) is 10.3 Å². The highest BCUT2D eigenvalue weighted by Gasteiger charge is 2.24. The second kappa shape index (κ2) is 7.19. The zero-order valence-electron chi connectivity index (χ0n) is 13.2. The first-order chi connectivity index (χ1) is 12.6. The Morgan fingerprint density at radius 3 is 2.81 bits per heavy atom. The summed E-state index contributed by atoms with van der Waals surface area (Å²) in [5.74, 6) is -0.0548. The minimum Gasteiger partial charge on any atom is -0.444 e. The Hall–Kier alpha value is -2.22. The number of anilines is 1. The lowest BCUT2D eigenvalue weighted by Gasteiger charge is -2.18. The van der Waals surface area contributed by atoms with Gasteiger partial charge in [0.05, 0.1) is 16.3 Å². The molecule has 0 unspecified atom stereocenters. The van der Waals surface area contributed by atoms with Crippen LogP contribution in [0.2, 0.25) is 5.02 Å². The monoisotopic (exact) mass is 447 g/mol. The average molecular weight is 449 g/mol. The maximum Gasteiger partial charge on any atom is 0.296 e. The van der Waals surface area contributed by atoms with Gasteiger partial charge in [0.25, 0.3) is 5.91 Å². The summed E-state index contributed by atoms with van der Waals surface area (Å²) in [7, 11) is 0. The zero-order chi connectivity index (χ0) is 18.1. The van der Waals surface area contributed by atoms with E-state index in [4.69, 9.17) is 16.0 Å². The second-order valence-electron chi connectivity index (χ2n) is 5.44. The first-order valence-corrected chi connectivity index (χ1v) is 9.62. The van der Waals surface area contributed by atoms with E-state index in [1.165, 1.54) is 11.3 Å². The molecule has 0 radical (unpaired) electrons. The summed E-state index contributed by atoms with van der Waals surface area (Å²) in [4.78, 5) is 23.3. The number of halogens is 2. The SMILES string of the molecule is O=C(c1ccc(Br)o1)N(Cc1cccnc1)c1nc2c(Cl)cccc2s1. The third kappa shape index (κ3) is 3.38. The van der Waals surface area contributed by atoms with Gasteiger partial charge in [0.1, 0.15) is 5.52 Å². The molecule has 4 aromatic rings. The van der Waals surface area contributed by atoms with Crippen molar-refractivity contribution < 1.29 is 9.21 Å². The molecule has 0 saturated carbocycles. The van der Waals surface area contributed by atoms with Crippen LogP contribution in [-0.2, 0) is 6.54 Å². The van der Waals surface area contributed by atoms with E-state index >= 15 is 0 Å². The van der Waals surface area contributed by atoms with E-state index in [9.17, 15) is 4.79 Å². The lowest BCUT2D eigenvalue weighted by molar-refractivity contribution is 0.0957. The molecule has 0 N–H and O–H groups in total. The van der Waals surface area contributed by atoms with Gasteiger partial charge in [-0.1, -0.05) is 35.1 Å². The van der Waals surface area contributed by atoms with Crippen LogP contribution >= 0.6 is 38.9 Å². The molecular formula is C18H11BrClN3O2S. The minimum absolute atomic E-state index is 0.228. The van der Waals surface area contributed by atoms with Gasteiger partial charge in [0.15, 0.2) is 15.6 Å². The van der Waals surface area contributed by atoms with E-state index in [1.54, 1.807) is 35.5 Å². The molecule has 3 heterocycles. The molecule has 26 heavy (non-hydrogen) atoms. The zero-order valence-corrected chi connectivity index (χ0v) is 16.4. The van der Waals surface area contributed by atoms with Crippen LogP contribution in [0.15, 0.2) is 63.9 Å². The molecule has 0 fully saturated rings. The van der Waals surface area contributed by atoms with E-state index in [0.29, 0.717) is 26.9 Å². The first kappa shape index (κ1) is 17.2. The Bertz CT molecular complexity index is 1080. The van der Waals surface area contributed by atoms with E-state index in [-0.39, 0.29) is 11.7 Å². The van der Waals surface area contributed by atoms with Crippen molar-refractivity contribution in [2.75, 3.05) is 4.90 Å². The average Bonchev–Trinajstić information content (AvgIpc) is 3.27. The normalized spacial score (nSPS) is 11.0. The molecule has 1 amide bonds. The summed E-state index contributed by atoms with van der Waals surface area (Å²) in [5, 5.41) is 1.11. The summed E-state index contributed by atoms with van der Waals surface area (Å²) >= 11 is 10.9. The number of carbonyl (C=O) groups is 1. The Balaban J connectivity index is 1.78. The number of hydrogen-bond donors (Lipinski definition) is 0. The van der Waals surface area contributed by atoms with Crippen molar-refractivity contribution in [2.24, 2.45) is 0 Å². The van der Waals surface area contributed by atoms with Crippen molar-refractivity contribution in [1.29, 1.82) is 0 Å². The molecule has 0 aliphatic heterocycles. The highest BCUT2D eigenvalue weighted by Crippen LogP contribution is 2.34. The number of aromatic nitrogens is 2. The van der Waals surface area contributed by atoms with Crippen LogP contribution in [0.1, 0.15) is 16.1 Å². The summed E-state index contributed by atoms with van der Waals surface area (Å²) in [6, 6.07) is 12.6. The van der Waals surface area contributed by atoms with Crippen LogP contribution in [0.5, 0.6) is 0 Å². The molecule has 3 aromatic heterocycles. The fourth-order valence-electron chi connectivity index (χ4n) is 2.48. The second-order valence-corrected chi connectivity index (χ2v) is 7.64. The van der Waals surface area contributed by atoms with Crippen LogP contribution in [0.4, 0.5) is 5.13 Å². The Morgan fingerprint density at radius 2 is 2.12 bits per heavy atom. The fraction of sp³-hybridized carbons (Fsp3) is 0.0556. The van der Waals surface area contributed by atoms with Crippen molar-refractivity contribution >= 4 is 60.1 Å². The number of hydrogen-bond acceptors (Lipinski definition) is 5. The standard InChI is InChI=1S/C18H11BrClN3O2S/c19-15-7-6-13(25-15)17(24)23(10-11-3-2-8-21-9-11)18-22-16-12(20)4-1-5-14(16)26-18/h1-9H,10H2. The fourth-order valence-corrected chi connectivity index (χ4v) is 4.05. The number of benzene rings is 1. The highest BCUT2D eigenvalue weighted by molar-refractivity contribution is 9.10. The van der Waals surface area contributed by atoms with E-state index < -0.39 is 0 Å². The topological polar surface area (TPSA) is 59.2 Å². The number of pyridine rings is 1. The molecule has 0 aliphatic carbocycles. The van der Waals surface area contributed by atoms with E-state index in [1.807, 2.05) is 24.3 Å². The summed E-state index contributed by atoms with van der Waals surface area (Å²) in [5.41, 5.74) is 1.57. The first-order valence-electron chi connectivity index (χ1n) is 7.63. The van der Waals surface area contributed by atoms with Crippen LogP contribution in [-0.4, -0.2) is 15.9 Å². The largest absolute Gasteiger partial charge is 0.444 e. The predicted octanol–water partition coefficient (Wildman–Crippen LogP) is 5.55. The third-order valence-electron chi connectivity index (χ3n) is 3.68. The van der Waals surface area contributed by atoms with Crippen molar-refractivity contribution in [3.05, 3.63) is 75.9 Å². The van der Waals surface area contributed by atoms with Crippen LogP contribution < -0.4 is 4.90 Å². The van der Waals surface area contributed by atoms with Gasteiger partial charge in [0.2, 0.25) is 0 Å². The molecular weight excluding hydrogens is 438 g/mol. The molecule has 1 aromatic carbocycles. The van der Waals surface area contributed by atoms with E-state index in [2.05, 4.69) is 25.9 Å². The predicted molar refractivity (Wildman–Crippen MR) is 106 cm³/mol. The maximum atomic E-state index is 13.0. The van der Waals surface area contributed by atoms with Crippen molar-refractivity contribution in [3.8, 4) is 0 Å². The summed E-state index contributed by atoms with van der Waals surface area (Å²) in [6.07, 6.45) is 3.41. The maximum absolute atomic E-state index is 13.0. The van der Waals surface area contributed by atoms with Crippen LogP contribution in [0, 0.1) is 0 Å². The highest BCUT2D eigenvalue weighted by atomic mass is 79.9. The quantitative estimate of drug-likeness (QED) is 0.411. The number of nitrogens with zero attached hydrogens (tertiary/aromatic N) is 3.